The summed E-state index contributed by atoms with van der Waals surface area (Å²) in [5.74, 6) is -2.04. The Morgan fingerprint density at radius 3 is 2.44 bits per heavy atom. The van der Waals surface area contributed by atoms with Crippen LogP contribution in [0.4, 0.5) is 4.79 Å². The number of nitrogens with one attached hydrogen (secondary N) is 2. The van der Waals surface area contributed by atoms with Gasteiger partial charge >= 0.3 is 12.0 Å². The lowest BCUT2D eigenvalue weighted by molar-refractivity contribution is -0.157. The van der Waals surface area contributed by atoms with Gasteiger partial charge in [-0.1, -0.05) is 19.9 Å². The summed E-state index contributed by atoms with van der Waals surface area (Å²) in [6, 6.07) is 5.33. The number of rotatable bonds is 7. The Bertz CT molecular complexity index is 659. The van der Waals surface area contributed by atoms with E-state index in [0.717, 1.165) is 0 Å². The molecule has 1 rings (SSSR count). The third kappa shape index (κ3) is 6.50. The second kappa shape index (κ2) is 9.26. The Morgan fingerprint density at radius 1 is 1.20 bits per heavy atom. The number of methoxy groups -OCH3 is 1. The van der Waals surface area contributed by atoms with Crippen LogP contribution in [-0.2, 0) is 14.3 Å². The number of hydrogen-bond donors (Lipinski definition) is 3. The molecule has 4 N–H and O–H groups in total. The van der Waals surface area contributed by atoms with Crippen LogP contribution in [0, 0.1) is 5.92 Å². The fourth-order valence-electron chi connectivity index (χ4n) is 1.89. The first kappa shape index (κ1) is 19.9. The van der Waals surface area contributed by atoms with Gasteiger partial charge in [0.15, 0.2) is 6.10 Å². The second-order valence-electron chi connectivity index (χ2n) is 5.42. The largest absolute Gasteiger partial charge is 0.497 e. The predicted molar refractivity (Wildman–Crippen MR) is 87.8 cm³/mol. The number of ether oxygens (including phenoxy) is 2. The third-order valence-corrected chi connectivity index (χ3v) is 3.09. The number of imide groups is 1. The molecule has 0 heterocycles. The Morgan fingerprint density at radius 2 is 1.88 bits per heavy atom. The van der Waals surface area contributed by atoms with Gasteiger partial charge in [0.2, 0.25) is 0 Å². The molecule has 0 saturated heterocycles. The number of carbonyl (C=O) groups excluding carboxylic acids is 4. The van der Waals surface area contributed by atoms with Gasteiger partial charge in [0.1, 0.15) is 12.3 Å². The van der Waals surface area contributed by atoms with Crippen molar-refractivity contribution in [1.29, 1.82) is 0 Å². The zero-order chi connectivity index (χ0) is 19.0. The Kier molecular flexibility index (Phi) is 7.39. The number of esters is 1. The number of carbonyl (C=O) groups is 4. The molecule has 0 aliphatic heterocycles. The zero-order valence-electron chi connectivity index (χ0n) is 14.2. The van der Waals surface area contributed by atoms with Crippen molar-refractivity contribution < 1.29 is 28.7 Å². The van der Waals surface area contributed by atoms with Crippen molar-refractivity contribution in [2.45, 2.75) is 20.0 Å². The van der Waals surface area contributed by atoms with Crippen LogP contribution in [0.5, 0.6) is 5.75 Å². The smallest absolute Gasteiger partial charge is 0.326 e. The van der Waals surface area contributed by atoms with Crippen molar-refractivity contribution in [2.24, 2.45) is 11.7 Å². The van der Waals surface area contributed by atoms with Crippen molar-refractivity contribution in [3.05, 3.63) is 29.8 Å². The molecule has 9 heteroatoms. The van der Waals surface area contributed by atoms with Crippen molar-refractivity contribution in [1.82, 2.24) is 10.6 Å². The average Bonchev–Trinajstić information content (AvgIpc) is 2.56. The molecule has 0 saturated carbocycles. The van der Waals surface area contributed by atoms with Gasteiger partial charge in [0.05, 0.1) is 7.11 Å². The maximum absolute atomic E-state index is 12.0. The van der Waals surface area contributed by atoms with E-state index in [2.05, 4.69) is 5.32 Å². The van der Waals surface area contributed by atoms with Gasteiger partial charge in [-0.15, -0.1) is 0 Å². The van der Waals surface area contributed by atoms with E-state index >= 15 is 0 Å². The topological polar surface area (TPSA) is 137 Å². The molecule has 0 aliphatic rings. The first-order valence-corrected chi connectivity index (χ1v) is 7.46. The number of nitrogens with two attached hydrogens (primary N) is 1. The van der Waals surface area contributed by atoms with Crippen molar-refractivity contribution in [3.63, 3.8) is 0 Å². The van der Waals surface area contributed by atoms with Gasteiger partial charge in [-0.3, -0.25) is 19.7 Å². The van der Waals surface area contributed by atoms with Crippen LogP contribution in [-0.4, -0.2) is 43.6 Å². The van der Waals surface area contributed by atoms with Gasteiger partial charge in [0, 0.05) is 5.56 Å². The molecular formula is C16H21N3O6. The second-order valence-corrected chi connectivity index (χ2v) is 5.42. The fraction of sp³-hybridized carbons (Fsp3) is 0.375. The highest BCUT2D eigenvalue weighted by Crippen LogP contribution is 2.12. The molecule has 0 fully saturated rings. The van der Waals surface area contributed by atoms with Crippen LogP contribution >= 0.6 is 0 Å². The molecule has 4 amide bonds. The van der Waals surface area contributed by atoms with Gasteiger partial charge in [-0.05, 0) is 24.1 Å². The fourth-order valence-corrected chi connectivity index (χ4v) is 1.89. The van der Waals surface area contributed by atoms with E-state index in [1.54, 1.807) is 32.0 Å². The molecule has 0 unspecified atom stereocenters. The molecule has 0 radical (unpaired) electrons. The highest BCUT2D eigenvalue weighted by molar-refractivity contribution is 5.98. The van der Waals surface area contributed by atoms with Crippen LogP contribution in [0.15, 0.2) is 24.3 Å². The highest BCUT2D eigenvalue weighted by Gasteiger charge is 2.27. The Hall–Kier alpha value is -3.10. The summed E-state index contributed by atoms with van der Waals surface area (Å²) in [7, 11) is 1.47. The lowest BCUT2D eigenvalue weighted by Crippen LogP contribution is -2.46. The number of primary amides is 1. The van der Waals surface area contributed by atoms with Crippen LogP contribution in [0.1, 0.15) is 24.2 Å². The van der Waals surface area contributed by atoms with Crippen LogP contribution in [0.3, 0.4) is 0 Å². The van der Waals surface area contributed by atoms with E-state index in [4.69, 9.17) is 15.2 Å². The molecule has 25 heavy (non-hydrogen) atoms. The molecule has 9 nitrogen and oxygen atoms in total. The van der Waals surface area contributed by atoms with E-state index in [-0.39, 0.29) is 0 Å². The lowest BCUT2D eigenvalue weighted by Gasteiger charge is -2.19. The molecule has 136 valence electrons. The van der Waals surface area contributed by atoms with E-state index in [1.165, 1.54) is 13.2 Å². The first-order chi connectivity index (χ1) is 11.7. The molecule has 0 bridgehead atoms. The van der Waals surface area contributed by atoms with Gasteiger partial charge in [-0.2, -0.15) is 0 Å². The summed E-state index contributed by atoms with van der Waals surface area (Å²) >= 11 is 0. The Balaban J connectivity index is 2.60. The van der Waals surface area contributed by atoms with E-state index < -0.39 is 42.4 Å². The molecule has 0 spiro atoms. The monoisotopic (exact) mass is 351 g/mol. The van der Waals surface area contributed by atoms with E-state index in [0.29, 0.717) is 11.3 Å². The van der Waals surface area contributed by atoms with Crippen molar-refractivity contribution >= 4 is 23.8 Å². The van der Waals surface area contributed by atoms with E-state index in [9.17, 15) is 19.2 Å². The quantitative estimate of drug-likeness (QED) is 0.600. The summed E-state index contributed by atoms with van der Waals surface area (Å²) in [6.45, 7) is 2.82. The van der Waals surface area contributed by atoms with Crippen molar-refractivity contribution in [3.8, 4) is 5.75 Å². The molecule has 1 aromatic carbocycles. The van der Waals surface area contributed by atoms with Crippen LogP contribution in [0.25, 0.3) is 0 Å². The molecule has 1 aromatic rings. The van der Waals surface area contributed by atoms with E-state index in [1.807, 2.05) is 5.32 Å². The minimum absolute atomic E-state index is 0.305. The zero-order valence-corrected chi connectivity index (χ0v) is 14.2. The minimum atomic E-state index is -1.20. The minimum Gasteiger partial charge on any atom is -0.497 e. The molecule has 0 aromatic heterocycles. The maximum Gasteiger partial charge on any atom is 0.326 e. The normalized spacial score (nSPS) is 11.4. The number of amides is 4. The third-order valence-electron chi connectivity index (χ3n) is 3.09. The highest BCUT2D eigenvalue weighted by atomic mass is 16.5. The average molecular weight is 351 g/mol. The molecular weight excluding hydrogens is 330 g/mol. The summed E-state index contributed by atoms with van der Waals surface area (Å²) in [4.78, 5) is 46.4. The molecule has 1 atom stereocenters. The summed E-state index contributed by atoms with van der Waals surface area (Å²) in [5, 5.41) is 4.24. The number of hydrogen-bond acceptors (Lipinski definition) is 6. The maximum atomic E-state index is 12.0. The van der Waals surface area contributed by atoms with Gasteiger partial charge in [0.25, 0.3) is 11.8 Å². The lowest BCUT2D eigenvalue weighted by atomic mass is 10.1. The van der Waals surface area contributed by atoms with Gasteiger partial charge < -0.3 is 20.5 Å². The standard InChI is InChI=1S/C16H21N3O6/c1-9(2)13(15(22)19-16(17)23)25-12(20)8-18-14(21)10-5-4-6-11(7-10)24-3/h4-7,9,13H,8H2,1-3H3,(H,18,21)(H3,17,19,22,23)/t13-/m0/s1. The molecule has 0 aliphatic carbocycles. The predicted octanol–water partition coefficient (Wildman–Crippen LogP) is 0.188. The first-order valence-electron chi connectivity index (χ1n) is 7.46. The summed E-state index contributed by atoms with van der Waals surface area (Å²) in [5.41, 5.74) is 5.17. The number of benzene rings is 1. The van der Waals surface area contributed by atoms with Crippen LogP contribution < -0.4 is 21.1 Å². The number of urea groups is 1. The Labute approximate surface area is 144 Å². The SMILES string of the molecule is COc1cccc(C(=O)NCC(=O)O[C@H](C(=O)NC(N)=O)C(C)C)c1. The van der Waals surface area contributed by atoms with Crippen LogP contribution in [0.2, 0.25) is 0 Å². The van der Waals surface area contributed by atoms with Crippen molar-refractivity contribution in [2.75, 3.05) is 13.7 Å². The summed E-state index contributed by atoms with van der Waals surface area (Å²) in [6.07, 6.45) is -1.20. The van der Waals surface area contributed by atoms with Gasteiger partial charge in [-0.25, -0.2) is 4.79 Å². The summed E-state index contributed by atoms with van der Waals surface area (Å²) < 4.78 is 10.0.